The molecule has 1 aromatic carbocycles. The summed E-state index contributed by atoms with van der Waals surface area (Å²) in [5.41, 5.74) is 8.62. The summed E-state index contributed by atoms with van der Waals surface area (Å²) in [5.74, 6) is 0.0161. The predicted octanol–water partition coefficient (Wildman–Crippen LogP) is -0.977. The Bertz CT molecular complexity index is 1020. The fraction of sp³-hybridized carbons (Fsp3) is 0.520. The van der Waals surface area contributed by atoms with Crippen LogP contribution in [0.25, 0.3) is 28.9 Å². The maximum absolute atomic E-state index is 13.8. The van der Waals surface area contributed by atoms with Crippen LogP contribution in [0.4, 0.5) is 4.39 Å². The van der Waals surface area contributed by atoms with Crippen LogP contribution in [0.2, 0.25) is 0 Å². The zero-order valence-corrected chi connectivity index (χ0v) is 23.6. The molecule has 1 aromatic heterocycles. The Labute approximate surface area is 239 Å². The van der Waals surface area contributed by atoms with Gasteiger partial charge in [-0.2, -0.15) is 0 Å². The molecule has 6 N–H and O–H groups in total. The molecule has 2 heterocycles. The van der Waals surface area contributed by atoms with Crippen LogP contribution in [-0.4, -0.2) is 50.3 Å². The van der Waals surface area contributed by atoms with Gasteiger partial charge in [-0.25, -0.2) is 4.39 Å². The van der Waals surface area contributed by atoms with E-state index in [-0.39, 0.29) is 69.2 Å². The van der Waals surface area contributed by atoms with Gasteiger partial charge < -0.3 is 32.0 Å². The molecule has 0 fully saturated rings. The Morgan fingerprint density at radius 3 is 2.58 bits per heavy atom. The third kappa shape index (κ3) is 8.18. The summed E-state index contributed by atoms with van der Waals surface area (Å²) in [4.78, 5) is 3.25. The van der Waals surface area contributed by atoms with Gasteiger partial charge in [0.15, 0.2) is 0 Å². The molecule has 0 amide bonds. The average Bonchev–Trinajstić information content (AvgIpc) is 3.22. The number of nitrogens with one attached hydrogen (secondary N) is 4. The number of benzene rings is 1. The molecule has 0 bridgehead atoms. The van der Waals surface area contributed by atoms with Crippen molar-refractivity contribution in [1.82, 2.24) is 20.9 Å². The largest absolute Gasteiger partial charge is 1.00 e. The van der Waals surface area contributed by atoms with Crippen molar-refractivity contribution in [3.63, 3.8) is 0 Å². The van der Waals surface area contributed by atoms with Crippen LogP contribution in [-0.2, 0) is 0 Å². The molecular weight excluding hydrogens is 442 g/mol. The quantitative estimate of drug-likeness (QED) is 0.188. The number of aromatic nitrogens is 1. The number of rotatable bonds is 13. The minimum atomic E-state index is -0.236. The second kappa shape index (κ2) is 14.6. The van der Waals surface area contributed by atoms with Crippen molar-refractivity contribution in [1.29, 1.82) is 0 Å². The van der Waals surface area contributed by atoms with Crippen molar-refractivity contribution in [2.75, 3.05) is 39.3 Å². The number of nitrogens with two attached hydrogens (primary N) is 1. The fourth-order valence-electron chi connectivity index (χ4n) is 4.28. The van der Waals surface area contributed by atoms with Crippen molar-refractivity contribution >= 4 is 23.6 Å². The smallest absolute Gasteiger partial charge is 0.686 e. The molecule has 0 radical (unpaired) electrons. The topological polar surface area (TPSA) is 92.0 Å². The zero-order valence-electron chi connectivity index (χ0n) is 20.4. The molecule has 2 unspecified atom stereocenters. The molecule has 0 aliphatic carbocycles. The second-order valence-corrected chi connectivity index (χ2v) is 8.57. The number of unbranched alkanes of at least 4 members (excludes halogenated alkanes) is 1. The minimum absolute atomic E-state index is 0. The number of fused-ring (bicyclic) bond motifs is 1. The number of halogens is 1. The molecule has 8 heteroatoms. The van der Waals surface area contributed by atoms with Gasteiger partial charge in [-0.15, -0.1) is 12.2 Å². The first kappa shape index (κ1) is 28.5. The maximum Gasteiger partial charge on any atom is 1.00 e. The Hall–Kier alpha value is -0.714. The van der Waals surface area contributed by atoms with Gasteiger partial charge in [0.1, 0.15) is 5.82 Å². The third-order valence-electron chi connectivity index (χ3n) is 6.04. The number of allylic oxidation sites excluding steroid dienone is 1. The van der Waals surface area contributed by atoms with Gasteiger partial charge in [-0.3, -0.25) is 0 Å². The number of H-pyrrole nitrogens is 1. The average molecular weight is 481 g/mol. The number of nitrogens with zero attached hydrogens (tertiary/aromatic N) is 1. The number of aromatic amines is 1. The van der Waals surface area contributed by atoms with Gasteiger partial charge in [0.2, 0.25) is 0 Å². The molecule has 0 saturated carbocycles. The summed E-state index contributed by atoms with van der Waals surface area (Å²) in [5, 5.41) is 17.9. The van der Waals surface area contributed by atoms with E-state index in [1.807, 2.05) is 0 Å². The SMILES string of the molecule is C=c1[nH]c2ccc(F)cc2/c1=C/C1NC(C)=C([N-]CCCNCCCCNCCN)C1C.[K+]. The first-order valence-electron chi connectivity index (χ1n) is 11.8. The zero-order chi connectivity index (χ0) is 22.9. The molecule has 1 aliphatic heterocycles. The summed E-state index contributed by atoms with van der Waals surface area (Å²) in [6.45, 7) is 13.9. The van der Waals surface area contributed by atoms with Crippen LogP contribution in [0.5, 0.6) is 0 Å². The standard InChI is InChI=1S/C25H38FN6.K/c1-17-24(16-21-18(2)31-23-8-7-20(26)15-22(21)23)32-19(3)25(17)30-13-6-12-28-10-4-5-11-29-14-9-27;/h7-8,15-17,24,28-29,31-32H,2,4-6,9-14,27H2,1,3H3;/q-1;+1/b21-16+;. The Balaban J connectivity index is 0.00000385. The Morgan fingerprint density at radius 2 is 1.85 bits per heavy atom. The van der Waals surface area contributed by atoms with Gasteiger partial charge in [-0.1, -0.05) is 26.0 Å². The van der Waals surface area contributed by atoms with Crippen molar-refractivity contribution in [2.24, 2.45) is 11.7 Å². The summed E-state index contributed by atoms with van der Waals surface area (Å²) in [7, 11) is 0. The molecule has 176 valence electrons. The summed E-state index contributed by atoms with van der Waals surface area (Å²) in [6, 6.07) is 4.92. The van der Waals surface area contributed by atoms with Gasteiger partial charge >= 0.3 is 51.4 Å². The van der Waals surface area contributed by atoms with E-state index in [2.05, 4.69) is 47.4 Å². The minimum Gasteiger partial charge on any atom is -0.686 e. The number of hydrogen-bond donors (Lipinski definition) is 5. The molecule has 2 atom stereocenters. The first-order valence-corrected chi connectivity index (χ1v) is 11.8. The first-order chi connectivity index (χ1) is 15.5. The van der Waals surface area contributed by atoms with Crippen molar-refractivity contribution in [3.8, 4) is 0 Å². The molecular formula is C25H38FKN6. The Kier molecular flexibility index (Phi) is 12.6. The van der Waals surface area contributed by atoms with E-state index < -0.39 is 0 Å². The van der Waals surface area contributed by atoms with E-state index in [0.717, 1.165) is 72.0 Å². The van der Waals surface area contributed by atoms with E-state index in [0.29, 0.717) is 6.54 Å². The van der Waals surface area contributed by atoms with Gasteiger partial charge in [0.05, 0.1) is 0 Å². The fourth-order valence-corrected chi connectivity index (χ4v) is 4.28. The summed E-state index contributed by atoms with van der Waals surface area (Å²) in [6.07, 6.45) is 5.52. The van der Waals surface area contributed by atoms with Crippen molar-refractivity contribution in [3.05, 3.63) is 51.3 Å². The predicted molar refractivity (Wildman–Crippen MR) is 133 cm³/mol. The monoisotopic (exact) mass is 480 g/mol. The van der Waals surface area contributed by atoms with E-state index >= 15 is 0 Å². The molecule has 33 heavy (non-hydrogen) atoms. The molecule has 0 saturated heterocycles. The van der Waals surface area contributed by atoms with Crippen molar-refractivity contribution < 1.29 is 55.8 Å². The van der Waals surface area contributed by atoms with E-state index in [9.17, 15) is 4.39 Å². The third-order valence-corrected chi connectivity index (χ3v) is 6.04. The van der Waals surface area contributed by atoms with Gasteiger partial charge in [0, 0.05) is 40.6 Å². The molecule has 6 nitrogen and oxygen atoms in total. The van der Waals surface area contributed by atoms with Crippen LogP contribution in [0.15, 0.2) is 29.6 Å². The van der Waals surface area contributed by atoms with Gasteiger partial charge in [-0.05, 0) is 69.2 Å². The van der Waals surface area contributed by atoms with Gasteiger partial charge in [0.25, 0.3) is 0 Å². The molecule has 1 aliphatic rings. The van der Waals surface area contributed by atoms with Crippen molar-refractivity contribution in [2.45, 2.75) is 39.2 Å². The van der Waals surface area contributed by atoms with E-state index in [1.165, 1.54) is 18.9 Å². The maximum atomic E-state index is 13.8. The van der Waals surface area contributed by atoms with Crippen LogP contribution >= 0.6 is 0 Å². The summed E-state index contributed by atoms with van der Waals surface area (Å²) >= 11 is 0. The van der Waals surface area contributed by atoms with E-state index in [1.54, 1.807) is 12.1 Å². The summed E-state index contributed by atoms with van der Waals surface area (Å²) < 4.78 is 13.8. The molecule has 2 aromatic rings. The van der Waals surface area contributed by atoms with Crippen LogP contribution in [0, 0.1) is 11.7 Å². The Morgan fingerprint density at radius 1 is 1.15 bits per heavy atom. The van der Waals surface area contributed by atoms with Crippen LogP contribution < -0.4 is 83.6 Å². The normalized spacial score (nSPS) is 18.6. The number of hydrogen-bond acceptors (Lipinski definition) is 4. The van der Waals surface area contributed by atoms with E-state index in [4.69, 9.17) is 11.1 Å². The second-order valence-electron chi connectivity index (χ2n) is 8.57. The van der Waals surface area contributed by atoms with Crippen LogP contribution in [0.3, 0.4) is 0 Å². The van der Waals surface area contributed by atoms with Crippen LogP contribution in [0.1, 0.15) is 33.1 Å². The molecule has 0 spiro atoms. The molecule has 3 rings (SSSR count).